The lowest BCUT2D eigenvalue weighted by Crippen LogP contribution is -2.13. The van der Waals surface area contributed by atoms with Crippen LogP contribution in [0, 0.1) is 5.82 Å². The Kier molecular flexibility index (Phi) is 3.78. The van der Waals surface area contributed by atoms with Crippen molar-refractivity contribution in [3.63, 3.8) is 0 Å². The average molecular weight is 294 g/mol. The summed E-state index contributed by atoms with van der Waals surface area (Å²) < 4.78 is 13.6. The summed E-state index contributed by atoms with van der Waals surface area (Å²) in [6.07, 6.45) is 5.19. The molecular formula is C17H15FN4. The third-order valence-corrected chi connectivity index (χ3v) is 3.27. The first-order valence-corrected chi connectivity index (χ1v) is 6.86. The van der Waals surface area contributed by atoms with Crippen LogP contribution in [0.15, 0.2) is 55.0 Å². The van der Waals surface area contributed by atoms with Crippen molar-refractivity contribution in [1.29, 1.82) is 0 Å². The highest BCUT2D eigenvalue weighted by atomic mass is 19.1. The molecule has 22 heavy (non-hydrogen) atoms. The molecule has 0 atom stereocenters. The summed E-state index contributed by atoms with van der Waals surface area (Å²) >= 11 is 0. The maximum atomic E-state index is 13.6. The largest absolute Gasteiger partial charge is 0.347 e. The van der Waals surface area contributed by atoms with Crippen molar-refractivity contribution >= 4 is 5.95 Å². The van der Waals surface area contributed by atoms with E-state index in [0.29, 0.717) is 11.6 Å². The molecule has 2 heterocycles. The highest BCUT2D eigenvalue weighted by molar-refractivity contribution is 5.80. The molecule has 0 aliphatic carbocycles. The van der Waals surface area contributed by atoms with Crippen LogP contribution in [0.1, 0.15) is 0 Å². The van der Waals surface area contributed by atoms with Crippen molar-refractivity contribution in [2.45, 2.75) is 0 Å². The summed E-state index contributed by atoms with van der Waals surface area (Å²) in [5, 5.41) is 0. The Morgan fingerprint density at radius 3 is 2.45 bits per heavy atom. The zero-order chi connectivity index (χ0) is 15.5. The molecule has 0 fully saturated rings. The van der Waals surface area contributed by atoms with Gasteiger partial charge in [0.25, 0.3) is 0 Å². The van der Waals surface area contributed by atoms with Gasteiger partial charge in [0, 0.05) is 43.8 Å². The number of hydrogen-bond acceptors (Lipinski definition) is 4. The van der Waals surface area contributed by atoms with Crippen LogP contribution in [0.3, 0.4) is 0 Å². The molecule has 3 rings (SSSR count). The highest BCUT2D eigenvalue weighted by Gasteiger charge is 2.13. The van der Waals surface area contributed by atoms with Crippen molar-refractivity contribution in [3.8, 4) is 22.4 Å². The number of aromatic nitrogens is 3. The number of anilines is 1. The second-order valence-electron chi connectivity index (χ2n) is 5.07. The van der Waals surface area contributed by atoms with E-state index in [-0.39, 0.29) is 5.82 Å². The monoisotopic (exact) mass is 294 g/mol. The molecule has 110 valence electrons. The van der Waals surface area contributed by atoms with E-state index in [9.17, 15) is 4.39 Å². The lowest BCUT2D eigenvalue weighted by molar-refractivity contribution is 0.628. The third kappa shape index (κ3) is 2.79. The van der Waals surface area contributed by atoms with Crippen molar-refractivity contribution in [1.82, 2.24) is 15.0 Å². The molecule has 5 heteroatoms. The van der Waals surface area contributed by atoms with Crippen LogP contribution < -0.4 is 4.90 Å². The van der Waals surface area contributed by atoms with Gasteiger partial charge in [-0.05, 0) is 29.8 Å². The molecule has 0 saturated carbocycles. The zero-order valence-corrected chi connectivity index (χ0v) is 12.4. The van der Waals surface area contributed by atoms with E-state index in [1.807, 2.05) is 37.2 Å². The standard InChI is InChI=1S/C17H15FN4/c1-22(2)17-20-11-15(12-6-8-19-9-7-12)16(21-17)13-4-3-5-14(18)10-13/h3-11H,1-2H3. The van der Waals surface area contributed by atoms with Gasteiger partial charge in [0.2, 0.25) is 5.95 Å². The van der Waals surface area contributed by atoms with Gasteiger partial charge in [-0.15, -0.1) is 0 Å². The minimum Gasteiger partial charge on any atom is -0.347 e. The maximum Gasteiger partial charge on any atom is 0.225 e. The number of hydrogen-bond donors (Lipinski definition) is 0. The SMILES string of the molecule is CN(C)c1ncc(-c2ccncc2)c(-c2cccc(F)c2)n1. The summed E-state index contributed by atoms with van der Waals surface area (Å²) in [6.45, 7) is 0. The fourth-order valence-electron chi connectivity index (χ4n) is 2.19. The Morgan fingerprint density at radius 1 is 1.00 bits per heavy atom. The van der Waals surface area contributed by atoms with E-state index in [2.05, 4.69) is 15.0 Å². The summed E-state index contributed by atoms with van der Waals surface area (Å²) in [6, 6.07) is 10.2. The minimum atomic E-state index is -0.289. The van der Waals surface area contributed by atoms with Gasteiger partial charge >= 0.3 is 0 Å². The van der Waals surface area contributed by atoms with Crippen LogP contribution in [0.25, 0.3) is 22.4 Å². The van der Waals surface area contributed by atoms with Gasteiger partial charge in [-0.2, -0.15) is 0 Å². The predicted octanol–water partition coefficient (Wildman–Crippen LogP) is 3.41. The van der Waals surface area contributed by atoms with E-state index in [1.54, 1.807) is 24.7 Å². The normalized spacial score (nSPS) is 10.5. The smallest absolute Gasteiger partial charge is 0.225 e. The van der Waals surface area contributed by atoms with Crippen LogP contribution in [0.2, 0.25) is 0 Å². The summed E-state index contributed by atoms with van der Waals surface area (Å²) in [5.74, 6) is 0.292. The van der Waals surface area contributed by atoms with Crippen molar-refractivity contribution < 1.29 is 4.39 Å². The van der Waals surface area contributed by atoms with Crippen LogP contribution in [-0.2, 0) is 0 Å². The van der Waals surface area contributed by atoms with Crippen LogP contribution in [0.4, 0.5) is 10.3 Å². The number of pyridine rings is 1. The zero-order valence-electron chi connectivity index (χ0n) is 12.4. The molecule has 3 aromatic rings. The molecular weight excluding hydrogens is 279 g/mol. The van der Waals surface area contributed by atoms with Gasteiger partial charge in [0.1, 0.15) is 5.82 Å². The quantitative estimate of drug-likeness (QED) is 0.742. The summed E-state index contributed by atoms with van der Waals surface area (Å²) in [5.41, 5.74) is 3.21. The molecule has 4 nitrogen and oxygen atoms in total. The molecule has 0 bridgehead atoms. The Balaban J connectivity index is 2.22. The molecule has 0 unspecified atom stereocenters. The van der Waals surface area contributed by atoms with Gasteiger partial charge in [-0.3, -0.25) is 4.98 Å². The lowest BCUT2D eigenvalue weighted by Gasteiger charge is -2.14. The molecule has 0 spiro atoms. The molecule has 0 aliphatic rings. The van der Waals surface area contributed by atoms with E-state index in [0.717, 1.165) is 16.7 Å². The number of halogens is 1. The second-order valence-corrected chi connectivity index (χ2v) is 5.07. The summed E-state index contributed by atoms with van der Waals surface area (Å²) in [4.78, 5) is 14.8. The maximum absolute atomic E-state index is 13.6. The van der Waals surface area contributed by atoms with E-state index in [1.165, 1.54) is 12.1 Å². The molecule has 0 aliphatic heterocycles. The molecule has 2 aromatic heterocycles. The second kappa shape index (κ2) is 5.89. The first-order valence-electron chi connectivity index (χ1n) is 6.86. The van der Waals surface area contributed by atoms with E-state index in [4.69, 9.17) is 0 Å². The van der Waals surface area contributed by atoms with Crippen LogP contribution >= 0.6 is 0 Å². The van der Waals surface area contributed by atoms with Gasteiger partial charge in [-0.1, -0.05) is 12.1 Å². The van der Waals surface area contributed by atoms with E-state index < -0.39 is 0 Å². The number of benzene rings is 1. The Morgan fingerprint density at radius 2 is 1.77 bits per heavy atom. The van der Waals surface area contributed by atoms with Gasteiger partial charge in [0.05, 0.1) is 5.69 Å². The van der Waals surface area contributed by atoms with Crippen LogP contribution in [0.5, 0.6) is 0 Å². The number of nitrogens with zero attached hydrogens (tertiary/aromatic N) is 4. The molecule has 0 saturated heterocycles. The molecule has 0 amide bonds. The highest BCUT2D eigenvalue weighted by Crippen LogP contribution is 2.31. The van der Waals surface area contributed by atoms with Crippen molar-refractivity contribution in [2.75, 3.05) is 19.0 Å². The molecule has 1 aromatic carbocycles. The topological polar surface area (TPSA) is 41.9 Å². The first-order chi connectivity index (χ1) is 10.6. The van der Waals surface area contributed by atoms with Gasteiger partial charge in [-0.25, -0.2) is 14.4 Å². The lowest BCUT2D eigenvalue weighted by atomic mass is 10.0. The molecule has 0 radical (unpaired) electrons. The van der Waals surface area contributed by atoms with Crippen molar-refractivity contribution in [3.05, 3.63) is 60.8 Å². The first kappa shape index (κ1) is 14.1. The third-order valence-electron chi connectivity index (χ3n) is 3.27. The van der Waals surface area contributed by atoms with Crippen LogP contribution in [-0.4, -0.2) is 29.0 Å². The predicted molar refractivity (Wildman–Crippen MR) is 85.0 cm³/mol. The molecule has 0 N–H and O–H groups in total. The Bertz CT molecular complexity index is 788. The summed E-state index contributed by atoms with van der Waals surface area (Å²) in [7, 11) is 3.74. The van der Waals surface area contributed by atoms with Gasteiger partial charge < -0.3 is 4.90 Å². The van der Waals surface area contributed by atoms with E-state index >= 15 is 0 Å². The number of rotatable bonds is 3. The van der Waals surface area contributed by atoms with Crippen molar-refractivity contribution in [2.24, 2.45) is 0 Å². The fourth-order valence-corrected chi connectivity index (χ4v) is 2.19. The fraction of sp³-hybridized carbons (Fsp3) is 0.118. The average Bonchev–Trinajstić information content (AvgIpc) is 2.55. The Hall–Kier alpha value is -2.82. The van der Waals surface area contributed by atoms with Gasteiger partial charge in [0.15, 0.2) is 0 Å². The minimum absolute atomic E-state index is 0.289. The Labute approximate surface area is 128 Å².